The molecule has 1 amide bonds. The molecule has 20 heavy (non-hydrogen) atoms. The monoisotopic (exact) mass is 305 g/mol. The minimum atomic E-state index is -4.32. The van der Waals surface area contributed by atoms with Crippen LogP contribution in [0.4, 0.5) is 18.0 Å². The zero-order chi connectivity index (χ0) is 14.8. The number of carbonyl (C=O) groups excluding carboxylic acids is 1. The van der Waals surface area contributed by atoms with E-state index in [9.17, 15) is 18.0 Å². The van der Waals surface area contributed by atoms with Gasteiger partial charge in [0.15, 0.2) is 0 Å². The molecule has 1 fully saturated rings. The third-order valence-corrected chi connectivity index (χ3v) is 3.79. The summed E-state index contributed by atoms with van der Waals surface area (Å²) in [5.74, 6) is 0.162. The highest BCUT2D eigenvalue weighted by atomic mass is 35.5. The molecule has 2 nitrogen and oxygen atoms in total. The van der Waals surface area contributed by atoms with Crippen molar-refractivity contribution in [2.45, 2.75) is 25.4 Å². The number of nitrogens with zero attached hydrogens (tertiary/aromatic N) is 1. The third kappa shape index (κ3) is 3.88. The van der Waals surface area contributed by atoms with Gasteiger partial charge in [0.1, 0.15) is 0 Å². The van der Waals surface area contributed by atoms with Gasteiger partial charge in [-0.25, -0.2) is 0 Å². The van der Waals surface area contributed by atoms with Crippen molar-refractivity contribution < 1.29 is 18.0 Å². The van der Waals surface area contributed by atoms with E-state index < -0.39 is 17.1 Å². The van der Waals surface area contributed by atoms with Crippen LogP contribution in [0.2, 0.25) is 0 Å². The number of alkyl halides is 3. The molecule has 1 aromatic rings. The Labute approximate surface area is 120 Å². The van der Waals surface area contributed by atoms with E-state index in [4.69, 9.17) is 11.6 Å². The van der Waals surface area contributed by atoms with Gasteiger partial charge in [0.05, 0.1) is 5.56 Å². The molecule has 1 atom stereocenters. The topological polar surface area (TPSA) is 20.3 Å². The number of hydrogen-bond acceptors (Lipinski definition) is 1. The summed E-state index contributed by atoms with van der Waals surface area (Å²) in [5, 5.41) is -0.487. The molecule has 0 bridgehead atoms. The Hall–Kier alpha value is -1.23. The van der Waals surface area contributed by atoms with Crippen LogP contribution < -0.4 is 0 Å². The summed E-state index contributed by atoms with van der Waals surface area (Å²) in [6.07, 6.45) is -2.05. The van der Waals surface area contributed by atoms with E-state index in [1.54, 1.807) is 11.0 Å². The van der Waals surface area contributed by atoms with Crippen molar-refractivity contribution in [2.75, 3.05) is 13.1 Å². The molecule has 2 rings (SSSR count). The molecule has 1 aromatic carbocycles. The average molecular weight is 306 g/mol. The number of likely N-dealkylation sites (tertiary alicyclic amines) is 1. The average Bonchev–Trinajstić information content (AvgIpc) is 2.38. The van der Waals surface area contributed by atoms with Crippen LogP contribution in [0.3, 0.4) is 0 Å². The van der Waals surface area contributed by atoms with Crippen LogP contribution in [0.25, 0.3) is 0 Å². The van der Waals surface area contributed by atoms with Crippen LogP contribution in [-0.4, -0.2) is 23.4 Å². The van der Waals surface area contributed by atoms with E-state index in [1.807, 2.05) is 0 Å². The van der Waals surface area contributed by atoms with Gasteiger partial charge in [0.2, 0.25) is 0 Å². The van der Waals surface area contributed by atoms with Gasteiger partial charge in [-0.2, -0.15) is 13.2 Å². The van der Waals surface area contributed by atoms with Crippen molar-refractivity contribution in [3.05, 3.63) is 35.4 Å². The maximum Gasteiger partial charge on any atom is 0.416 e. The fourth-order valence-electron chi connectivity index (χ4n) is 2.60. The lowest BCUT2D eigenvalue weighted by molar-refractivity contribution is -0.137. The molecule has 0 saturated carbocycles. The van der Waals surface area contributed by atoms with Crippen molar-refractivity contribution in [1.29, 1.82) is 0 Å². The molecule has 0 radical (unpaired) electrons. The number of halogens is 4. The second-order valence-corrected chi connectivity index (χ2v) is 5.43. The van der Waals surface area contributed by atoms with Crippen LogP contribution in [0.15, 0.2) is 24.3 Å². The number of hydrogen-bond donors (Lipinski definition) is 0. The lowest BCUT2D eigenvalue weighted by Crippen LogP contribution is -2.37. The summed E-state index contributed by atoms with van der Waals surface area (Å²) in [4.78, 5) is 12.7. The fourth-order valence-corrected chi connectivity index (χ4v) is 2.75. The van der Waals surface area contributed by atoms with Gasteiger partial charge in [-0.05, 0) is 48.4 Å². The van der Waals surface area contributed by atoms with Crippen molar-refractivity contribution in [3.63, 3.8) is 0 Å². The first-order chi connectivity index (χ1) is 9.36. The first kappa shape index (κ1) is 15.2. The number of piperidine rings is 1. The van der Waals surface area contributed by atoms with Gasteiger partial charge in [-0.1, -0.05) is 18.2 Å². The van der Waals surface area contributed by atoms with Gasteiger partial charge < -0.3 is 4.90 Å². The Morgan fingerprint density at radius 3 is 2.80 bits per heavy atom. The maximum atomic E-state index is 12.6. The number of benzene rings is 1. The van der Waals surface area contributed by atoms with E-state index in [1.165, 1.54) is 12.1 Å². The predicted octanol–water partition coefficient (Wildman–Crippen LogP) is 4.32. The van der Waals surface area contributed by atoms with Crippen LogP contribution in [0.1, 0.15) is 24.0 Å². The molecule has 0 spiro atoms. The second-order valence-electron chi connectivity index (χ2n) is 5.11. The quantitative estimate of drug-likeness (QED) is 0.588. The molecule has 1 unspecified atom stereocenters. The first-order valence-electron chi connectivity index (χ1n) is 6.47. The molecule has 0 N–H and O–H groups in total. The van der Waals surface area contributed by atoms with Crippen LogP contribution in [-0.2, 0) is 12.6 Å². The maximum absolute atomic E-state index is 12.6. The van der Waals surface area contributed by atoms with E-state index in [-0.39, 0.29) is 5.92 Å². The van der Waals surface area contributed by atoms with E-state index in [2.05, 4.69) is 0 Å². The molecule has 0 aliphatic carbocycles. The minimum absolute atomic E-state index is 0.162. The SMILES string of the molecule is O=C(Cl)N1CCCC(Cc2cccc(C(F)(F)F)c2)C1. The Morgan fingerprint density at radius 1 is 1.40 bits per heavy atom. The summed E-state index contributed by atoms with van der Waals surface area (Å²) >= 11 is 5.45. The lowest BCUT2D eigenvalue weighted by Gasteiger charge is -2.31. The van der Waals surface area contributed by atoms with Gasteiger partial charge in [-0.3, -0.25) is 4.79 Å². The zero-order valence-electron chi connectivity index (χ0n) is 10.8. The Morgan fingerprint density at radius 2 is 2.15 bits per heavy atom. The number of amides is 1. The summed E-state index contributed by atoms with van der Waals surface area (Å²) in [6, 6.07) is 5.36. The van der Waals surface area contributed by atoms with Crippen LogP contribution in [0.5, 0.6) is 0 Å². The molecule has 6 heteroatoms. The Bertz CT molecular complexity index is 490. The van der Waals surface area contributed by atoms with Crippen molar-refractivity contribution in [1.82, 2.24) is 4.90 Å². The van der Waals surface area contributed by atoms with E-state index in [0.29, 0.717) is 25.1 Å². The smallest absolute Gasteiger partial charge is 0.329 e. The Kier molecular flexibility index (Phi) is 4.58. The normalized spacial score (nSPS) is 20.0. The molecule has 110 valence electrons. The third-order valence-electron chi connectivity index (χ3n) is 3.55. The van der Waals surface area contributed by atoms with E-state index in [0.717, 1.165) is 18.9 Å². The molecule has 1 saturated heterocycles. The van der Waals surface area contributed by atoms with Gasteiger partial charge in [0.25, 0.3) is 0 Å². The summed E-state index contributed by atoms with van der Waals surface area (Å²) in [5.41, 5.74) is 0.0183. The summed E-state index contributed by atoms with van der Waals surface area (Å²) in [6.45, 7) is 1.14. The largest absolute Gasteiger partial charge is 0.416 e. The standard InChI is InChI=1S/C14H15ClF3NO/c15-13(20)19-6-2-4-11(9-19)7-10-3-1-5-12(8-10)14(16,17)18/h1,3,5,8,11H,2,4,6-7,9H2. The molecule has 1 aliphatic heterocycles. The van der Waals surface area contributed by atoms with Gasteiger partial charge >= 0.3 is 11.5 Å². The van der Waals surface area contributed by atoms with Crippen molar-refractivity contribution >= 4 is 17.0 Å². The molecular formula is C14H15ClF3NO. The van der Waals surface area contributed by atoms with Crippen molar-refractivity contribution in [3.8, 4) is 0 Å². The fraction of sp³-hybridized carbons (Fsp3) is 0.500. The number of carbonyl (C=O) groups is 1. The summed E-state index contributed by atoms with van der Waals surface area (Å²) in [7, 11) is 0. The van der Waals surface area contributed by atoms with Crippen LogP contribution in [0, 0.1) is 5.92 Å². The van der Waals surface area contributed by atoms with E-state index >= 15 is 0 Å². The highest BCUT2D eigenvalue weighted by Gasteiger charge is 2.30. The summed E-state index contributed by atoms with van der Waals surface area (Å²) < 4.78 is 37.9. The van der Waals surface area contributed by atoms with Crippen LogP contribution >= 0.6 is 11.6 Å². The molecular weight excluding hydrogens is 291 g/mol. The predicted molar refractivity (Wildman–Crippen MR) is 70.7 cm³/mol. The zero-order valence-corrected chi connectivity index (χ0v) is 11.5. The molecule has 1 aliphatic rings. The minimum Gasteiger partial charge on any atom is -0.329 e. The molecule has 1 heterocycles. The highest BCUT2D eigenvalue weighted by Crippen LogP contribution is 2.30. The number of rotatable bonds is 2. The van der Waals surface area contributed by atoms with Gasteiger partial charge in [0, 0.05) is 13.1 Å². The lowest BCUT2D eigenvalue weighted by atomic mass is 9.91. The first-order valence-corrected chi connectivity index (χ1v) is 6.84. The molecule has 0 aromatic heterocycles. The second kappa shape index (κ2) is 6.04. The van der Waals surface area contributed by atoms with Gasteiger partial charge in [-0.15, -0.1) is 0 Å². The van der Waals surface area contributed by atoms with Crippen molar-refractivity contribution in [2.24, 2.45) is 5.92 Å². The Balaban J connectivity index is 2.04. The highest BCUT2D eigenvalue weighted by molar-refractivity contribution is 6.62.